The predicted octanol–water partition coefficient (Wildman–Crippen LogP) is 3.75. The number of thiophene rings is 1. The van der Waals surface area contributed by atoms with Crippen LogP contribution in [0.25, 0.3) is 0 Å². The molecule has 0 aromatic carbocycles. The highest BCUT2D eigenvalue weighted by Gasteiger charge is 2.20. The molecule has 1 aromatic heterocycles. The Balaban J connectivity index is 2.26. The normalized spacial score (nSPS) is 18.8. The van der Waals surface area contributed by atoms with Crippen molar-refractivity contribution in [3.63, 3.8) is 0 Å². The number of nitrogen functional groups attached to an aromatic ring is 1. The van der Waals surface area contributed by atoms with Crippen LogP contribution in [0.1, 0.15) is 37.2 Å². The van der Waals surface area contributed by atoms with Crippen LogP contribution in [-0.2, 0) is 0 Å². The number of anilines is 1. The minimum absolute atomic E-state index is 0.743. The third kappa shape index (κ3) is 1.40. The lowest BCUT2D eigenvalue weighted by atomic mass is 10.00. The molecule has 2 N–H and O–H groups in total. The van der Waals surface area contributed by atoms with E-state index in [-0.39, 0.29) is 0 Å². The Labute approximate surface area is 85.1 Å². The van der Waals surface area contributed by atoms with Crippen molar-refractivity contribution in [1.82, 2.24) is 0 Å². The predicted molar refractivity (Wildman–Crippen MR) is 57.6 cm³/mol. The molecule has 0 spiro atoms. The molecule has 1 aliphatic rings. The van der Waals surface area contributed by atoms with Gasteiger partial charge in [0.1, 0.15) is 0 Å². The summed E-state index contributed by atoms with van der Waals surface area (Å²) in [5.41, 5.74) is 8.30. The number of nitrogens with two attached hydrogens (primary N) is 1. The average molecular weight is 246 g/mol. The van der Waals surface area contributed by atoms with Gasteiger partial charge in [0.25, 0.3) is 0 Å². The number of rotatable bonds is 1. The second-order valence-electron chi connectivity index (χ2n) is 3.36. The minimum Gasteiger partial charge on any atom is -0.397 e. The highest BCUT2D eigenvalue weighted by Crippen LogP contribution is 2.42. The molecule has 0 saturated heterocycles. The molecule has 66 valence electrons. The lowest BCUT2D eigenvalue weighted by Gasteiger charge is -2.07. The summed E-state index contributed by atoms with van der Waals surface area (Å²) in [6.45, 7) is 0. The van der Waals surface area contributed by atoms with Gasteiger partial charge in [-0.2, -0.15) is 0 Å². The first-order chi connectivity index (χ1) is 5.79. The van der Waals surface area contributed by atoms with E-state index < -0.39 is 0 Å². The summed E-state index contributed by atoms with van der Waals surface area (Å²) < 4.78 is 1.10. The molecule has 12 heavy (non-hydrogen) atoms. The van der Waals surface area contributed by atoms with E-state index in [1.54, 1.807) is 11.3 Å². The van der Waals surface area contributed by atoms with Gasteiger partial charge < -0.3 is 5.73 Å². The van der Waals surface area contributed by atoms with Crippen LogP contribution in [0.3, 0.4) is 0 Å². The largest absolute Gasteiger partial charge is 0.397 e. The van der Waals surface area contributed by atoms with Crippen molar-refractivity contribution < 1.29 is 0 Å². The van der Waals surface area contributed by atoms with Crippen molar-refractivity contribution in [3.8, 4) is 0 Å². The Hall–Kier alpha value is -0.0200. The Morgan fingerprint density at radius 3 is 2.58 bits per heavy atom. The number of hydrogen-bond acceptors (Lipinski definition) is 2. The molecular formula is C9H12BrNS. The molecule has 2 rings (SSSR count). The van der Waals surface area contributed by atoms with Crippen molar-refractivity contribution in [1.29, 1.82) is 0 Å². The molecule has 1 heterocycles. The van der Waals surface area contributed by atoms with Gasteiger partial charge in [-0.1, -0.05) is 12.8 Å². The first-order valence-electron chi connectivity index (χ1n) is 4.31. The molecule has 1 aliphatic carbocycles. The van der Waals surface area contributed by atoms with E-state index in [9.17, 15) is 0 Å². The fraction of sp³-hybridized carbons (Fsp3) is 0.556. The van der Waals surface area contributed by atoms with Crippen molar-refractivity contribution >= 4 is 33.0 Å². The van der Waals surface area contributed by atoms with E-state index >= 15 is 0 Å². The smallest absolute Gasteiger partial charge is 0.0930 e. The molecule has 0 bridgehead atoms. The highest BCUT2D eigenvalue weighted by molar-refractivity contribution is 9.11. The van der Waals surface area contributed by atoms with Gasteiger partial charge in [0.15, 0.2) is 0 Å². The lowest BCUT2D eigenvalue weighted by Crippen LogP contribution is -1.95. The first-order valence-corrected chi connectivity index (χ1v) is 5.98. The molecule has 1 nitrogen and oxygen atoms in total. The zero-order chi connectivity index (χ0) is 8.55. The SMILES string of the molecule is Nc1c(C2CCCC2)csc1Br. The molecule has 0 amide bonds. The van der Waals surface area contributed by atoms with Gasteiger partial charge in [-0.15, -0.1) is 11.3 Å². The van der Waals surface area contributed by atoms with E-state index in [4.69, 9.17) is 5.73 Å². The molecule has 1 aromatic rings. The van der Waals surface area contributed by atoms with Crippen LogP contribution in [0.5, 0.6) is 0 Å². The zero-order valence-corrected chi connectivity index (χ0v) is 9.25. The Morgan fingerprint density at radius 2 is 2.08 bits per heavy atom. The van der Waals surface area contributed by atoms with Crippen LogP contribution >= 0.6 is 27.3 Å². The van der Waals surface area contributed by atoms with Crippen molar-refractivity contribution in [2.24, 2.45) is 0 Å². The fourth-order valence-electron chi connectivity index (χ4n) is 1.91. The van der Waals surface area contributed by atoms with Gasteiger partial charge in [0.2, 0.25) is 0 Å². The maximum Gasteiger partial charge on any atom is 0.0930 e. The standard InChI is InChI=1S/C9H12BrNS/c10-9-8(11)7(5-12-9)6-3-1-2-4-6/h5-6H,1-4,11H2. The zero-order valence-electron chi connectivity index (χ0n) is 6.85. The first kappa shape index (κ1) is 8.57. The van der Waals surface area contributed by atoms with Gasteiger partial charge >= 0.3 is 0 Å². The molecule has 1 saturated carbocycles. The van der Waals surface area contributed by atoms with Crippen LogP contribution in [0.15, 0.2) is 9.17 Å². The number of hydrogen-bond donors (Lipinski definition) is 1. The van der Waals surface area contributed by atoms with Crippen molar-refractivity contribution in [2.45, 2.75) is 31.6 Å². The third-order valence-corrected chi connectivity index (χ3v) is 4.39. The summed E-state index contributed by atoms with van der Waals surface area (Å²) in [5.74, 6) is 0.743. The van der Waals surface area contributed by atoms with E-state index in [2.05, 4.69) is 21.3 Å². The summed E-state index contributed by atoms with van der Waals surface area (Å²) in [6, 6.07) is 0. The molecule has 0 unspecified atom stereocenters. The Morgan fingerprint density at radius 1 is 1.42 bits per heavy atom. The summed E-state index contributed by atoms with van der Waals surface area (Å²) in [6.07, 6.45) is 5.40. The van der Waals surface area contributed by atoms with Crippen LogP contribution < -0.4 is 5.73 Å². The van der Waals surface area contributed by atoms with Gasteiger partial charge in [-0.25, -0.2) is 0 Å². The maximum absolute atomic E-state index is 5.95. The highest BCUT2D eigenvalue weighted by atomic mass is 79.9. The third-order valence-electron chi connectivity index (χ3n) is 2.61. The second kappa shape index (κ2) is 3.38. The molecule has 0 radical (unpaired) electrons. The van der Waals surface area contributed by atoms with E-state index in [0.717, 1.165) is 15.4 Å². The van der Waals surface area contributed by atoms with Crippen LogP contribution in [-0.4, -0.2) is 0 Å². The molecule has 3 heteroatoms. The molecule has 0 aliphatic heterocycles. The monoisotopic (exact) mass is 245 g/mol. The van der Waals surface area contributed by atoms with E-state index in [0.29, 0.717) is 0 Å². The van der Waals surface area contributed by atoms with Gasteiger partial charge in [0.05, 0.1) is 9.47 Å². The topological polar surface area (TPSA) is 26.0 Å². The van der Waals surface area contributed by atoms with E-state index in [1.807, 2.05) is 0 Å². The molecule has 1 fully saturated rings. The van der Waals surface area contributed by atoms with Crippen LogP contribution in [0, 0.1) is 0 Å². The van der Waals surface area contributed by atoms with Crippen molar-refractivity contribution in [3.05, 3.63) is 14.7 Å². The lowest BCUT2D eigenvalue weighted by molar-refractivity contribution is 0.728. The van der Waals surface area contributed by atoms with Crippen LogP contribution in [0.4, 0.5) is 5.69 Å². The Kier molecular flexibility index (Phi) is 2.42. The summed E-state index contributed by atoms with van der Waals surface area (Å²) in [4.78, 5) is 0. The minimum atomic E-state index is 0.743. The average Bonchev–Trinajstić information content (AvgIpc) is 2.64. The summed E-state index contributed by atoms with van der Waals surface area (Å²) in [5, 5.41) is 2.20. The van der Waals surface area contributed by atoms with Gasteiger partial charge in [-0.05, 0) is 45.6 Å². The van der Waals surface area contributed by atoms with Crippen molar-refractivity contribution in [2.75, 3.05) is 5.73 Å². The molecule has 0 atom stereocenters. The van der Waals surface area contributed by atoms with E-state index in [1.165, 1.54) is 31.2 Å². The number of halogens is 1. The summed E-state index contributed by atoms with van der Waals surface area (Å²) >= 11 is 5.17. The molecular weight excluding hydrogens is 234 g/mol. The quantitative estimate of drug-likeness (QED) is 0.802. The van der Waals surface area contributed by atoms with Gasteiger partial charge in [0, 0.05) is 0 Å². The van der Waals surface area contributed by atoms with Crippen LogP contribution in [0.2, 0.25) is 0 Å². The summed E-state index contributed by atoms with van der Waals surface area (Å²) in [7, 11) is 0. The maximum atomic E-state index is 5.95. The second-order valence-corrected chi connectivity index (χ2v) is 5.56. The van der Waals surface area contributed by atoms with Gasteiger partial charge in [-0.3, -0.25) is 0 Å². The Bertz CT molecular complexity index is 276. The fourth-order valence-corrected chi connectivity index (χ4v) is 3.21.